The Bertz CT molecular complexity index is 344. The minimum atomic E-state index is -0.751. The maximum absolute atomic E-state index is 13.0. The molecule has 0 unspecified atom stereocenters. The maximum atomic E-state index is 13.0. The Balaban J connectivity index is 2.83. The van der Waals surface area contributed by atoms with Crippen LogP contribution in [0.5, 0.6) is 0 Å². The van der Waals surface area contributed by atoms with Crippen molar-refractivity contribution in [3.8, 4) is 0 Å². The number of amides is 1. The van der Waals surface area contributed by atoms with Gasteiger partial charge in [-0.2, -0.15) is 0 Å². The molecule has 0 spiro atoms. The minimum absolute atomic E-state index is 0.219. The smallest absolute Gasteiger partial charge is 0.254 e. The lowest BCUT2D eigenvalue weighted by molar-refractivity contribution is 0.0951. The van der Waals surface area contributed by atoms with Crippen LogP contribution in [-0.4, -0.2) is 18.3 Å². The predicted octanol–water partition coefficient (Wildman–Crippen LogP) is 1.93. The molecule has 0 fully saturated rings. The molecule has 14 heavy (non-hydrogen) atoms. The summed E-state index contributed by atoms with van der Waals surface area (Å²) in [5, 5.41) is 2.34. The fourth-order valence-corrected chi connectivity index (χ4v) is 1.02. The zero-order valence-corrected chi connectivity index (χ0v) is 7.94. The van der Waals surface area contributed by atoms with Crippen LogP contribution in [0.1, 0.15) is 10.4 Å². The summed E-state index contributed by atoms with van der Waals surface area (Å²) >= 11 is 5.32. The van der Waals surface area contributed by atoms with E-state index in [0.29, 0.717) is 0 Å². The quantitative estimate of drug-likeness (QED) is 0.774. The van der Waals surface area contributed by atoms with Crippen molar-refractivity contribution < 1.29 is 13.6 Å². The van der Waals surface area contributed by atoms with Crippen molar-refractivity contribution in [1.82, 2.24) is 5.32 Å². The zero-order valence-electron chi connectivity index (χ0n) is 7.19. The van der Waals surface area contributed by atoms with E-state index < -0.39 is 17.5 Å². The van der Waals surface area contributed by atoms with Gasteiger partial charge in [0.1, 0.15) is 11.6 Å². The largest absolute Gasteiger partial charge is 0.351 e. The van der Waals surface area contributed by atoms with Gasteiger partial charge in [-0.15, -0.1) is 11.6 Å². The topological polar surface area (TPSA) is 29.1 Å². The summed E-state index contributed by atoms with van der Waals surface area (Å²) in [6.07, 6.45) is 0. The fourth-order valence-electron chi connectivity index (χ4n) is 0.928. The molecule has 1 aromatic rings. The van der Waals surface area contributed by atoms with E-state index in [2.05, 4.69) is 5.32 Å². The van der Waals surface area contributed by atoms with Gasteiger partial charge in [-0.3, -0.25) is 4.79 Å². The van der Waals surface area contributed by atoms with Crippen molar-refractivity contribution in [3.05, 3.63) is 35.4 Å². The molecule has 1 N–H and O–H groups in total. The predicted molar refractivity (Wildman–Crippen MR) is 49.4 cm³/mol. The Morgan fingerprint density at radius 2 is 2.14 bits per heavy atom. The molecule has 0 aliphatic heterocycles. The van der Waals surface area contributed by atoms with Crippen molar-refractivity contribution in [1.29, 1.82) is 0 Å². The lowest BCUT2D eigenvalue weighted by Crippen LogP contribution is -2.26. The molecule has 1 aromatic carbocycles. The van der Waals surface area contributed by atoms with Crippen molar-refractivity contribution in [2.45, 2.75) is 0 Å². The number of hydrogen-bond donors (Lipinski definition) is 1. The van der Waals surface area contributed by atoms with Gasteiger partial charge in [0.2, 0.25) is 0 Å². The van der Waals surface area contributed by atoms with Crippen LogP contribution in [0.3, 0.4) is 0 Å². The number of carbonyl (C=O) groups is 1. The number of alkyl halides is 1. The van der Waals surface area contributed by atoms with Crippen LogP contribution in [0.4, 0.5) is 8.78 Å². The van der Waals surface area contributed by atoms with E-state index in [-0.39, 0.29) is 18.0 Å². The molecular weight excluding hydrogens is 212 g/mol. The van der Waals surface area contributed by atoms with Crippen LogP contribution in [0.25, 0.3) is 0 Å². The molecule has 0 saturated heterocycles. The van der Waals surface area contributed by atoms with Gasteiger partial charge in [-0.1, -0.05) is 0 Å². The highest BCUT2D eigenvalue weighted by Gasteiger charge is 2.11. The first kappa shape index (κ1) is 10.9. The van der Waals surface area contributed by atoms with Gasteiger partial charge >= 0.3 is 0 Å². The number of hydrogen-bond acceptors (Lipinski definition) is 1. The van der Waals surface area contributed by atoms with Crippen LogP contribution in [0, 0.1) is 11.6 Å². The number of nitrogens with one attached hydrogen (secondary N) is 1. The third kappa shape index (κ3) is 2.67. The third-order valence-corrected chi connectivity index (χ3v) is 1.74. The fraction of sp³-hybridized carbons (Fsp3) is 0.222. The highest BCUT2D eigenvalue weighted by Crippen LogP contribution is 2.09. The zero-order chi connectivity index (χ0) is 10.6. The van der Waals surface area contributed by atoms with E-state index >= 15 is 0 Å². The van der Waals surface area contributed by atoms with Crippen molar-refractivity contribution >= 4 is 17.5 Å². The summed E-state index contributed by atoms with van der Waals surface area (Å²) in [6, 6.07) is 2.71. The Hall–Kier alpha value is -1.16. The van der Waals surface area contributed by atoms with E-state index in [9.17, 15) is 13.6 Å². The van der Waals surface area contributed by atoms with Crippen LogP contribution in [0.15, 0.2) is 18.2 Å². The van der Waals surface area contributed by atoms with Gasteiger partial charge in [-0.25, -0.2) is 8.78 Å². The molecule has 2 nitrogen and oxygen atoms in total. The average molecular weight is 220 g/mol. The molecule has 1 amide bonds. The van der Waals surface area contributed by atoms with Gasteiger partial charge in [0.15, 0.2) is 0 Å². The molecule has 0 bridgehead atoms. The number of halogens is 3. The number of carbonyl (C=O) groups excluding carboxylic acids is 1. The lowest BCUT2D eigenvalue weighted by atomic mass is 10.2. The van der Waals surface area contributed by atoms with E-state index in [4.69, 9.17) is 11.6 Å². The summed E-state index contributed by atoms with van der Waals surface area (Å²) < 4.78 is 25.6. The first-order valence-corrected chi connectivity index (χ1v) is 4.48. The van der Waals surface area contributed by atoms with Crippen LogP contribution in [0.2, 0.25) is 0 Å². The highest BCUT2D eigenvalue weighted by atomic mass is 35.5. The Morgan fingerprint density at radius 1 is 1.43 bits per heavy atom. The normalized spacial score (nSPS) is 9.93. The Labute approximate surface area is 84.9 Å². The number of benzene rings is 1. The summed E-state index contributed by atoms with van der Waals surface area (Å²) in [7, 11) is 0. The second kappa shape index (κ2) is 4.91. The second-order valence-corrected chi connectivity index (χ2v) is 2.95. The molecule has 5 heteroatoms. The van der Waals surface area contributed by atoms with Crippen LogP contribution < -0.4 is 5.32 Å². The Morgan fingerprint density at radius 3 is 2.79 bits per heavy atom. The molecule has 0 aliphatic rings. The van der Waals surface area contributed by atoms with Crippen molar-refractivity contribution in [2.24, 2.45) is 0 Å². The van der Waals surface area contributed by atoms with E-state index in [0.717, 1.165) is 18.2 Å². The first-order valence-electron chi connectivity index (χ1n) is 3.94. The maximum Gasteiger partial charge on any atom is 0.254 e. The standard InChI is InChI=1S/C9H8ClF2NO/c10-3-4-13-9(14)7-5-6(11)1-2-8(7)12/h1-2,5H,3-4H2,(H,13,14). The SMILES string of the molecule is O=C(NCCCl)c1cc(F)ccc1F. The van der Waals surface area contributed by atoms with Gasteiger partial charge in [-0.05, 0) is 18.2 Å². The van der Waals surface area contributed by atoms with E-state index in [1.54, 1.807) is 0 Å². The van der Waals surface area contributed by atoms with E-state index in [1.807, 2.05) is 0 Å². The Kier molecular flexibility index (Phi) is 3.83. The van der Waals surface area contributed by atoms with Crippen molar-refractivity contribution in [3.63, 3.8) is 0 Å². The second-order valence-electron chi connectivity index (χ2n) is 2.57. The van der Waals surface area contributed by atoms with Gasteiger partial charge in [0, 0.05) is 12.4 Å². The lowest BCUT2D eigenvalue weighted by Gasteiger charge is -2.03. The van der Waals surface area contributed by atoms with Crippen molar-refractivity contribution in [2.75, 3.05) is 12.4 Å². The summed E-state index contributed by atoms with van der Waals surface area (Å²) in [5.41, 5.74) is -0.310. The number of rotatable bonds is 3. The summed E-state index contributed by atoms with van der Waals surface area (Å²) in [5.74, 6) is -1.84. The van der Waals surface area contributed by atoms with Gasteiger partial charge < -0.3 is 5.32 Å². The molecule has 0 atom stereocenters. The molecule has 0 radical (unpaired) electrons. The van der Waals surface area contributed by atoms with E-state index in [1.165, 1.54) is 0 Å². The molecule has 1 rings (SSSR count). The summed E-state index contributed by atoms with van der Waals surface area (Å²) in [6.45, 7) is 0.219. The van der Waals surface area contributed by atoms with Gasteiger partial charge in [0.25, 0.3) is 5.91 Å². The van der Waals surface area contributed by atoms with Crippen LogP contribution >= 0.6 is 11.6 Å². The molecule has 0 heterocycles. The molecular formula is C9H8ClF2NO. The molecule has 76 valence electrons. The molecule has 0 saturated carbocycles. The monoisotopic (exact) mass is 219 g/mol. The molecule has 0 aromatic heterocycles. The first-order chi connectivity index (χ1) is 6.65. The summed E-state index contributed by atoms with van der Waals surface area (Å²) in [4.78, 5) is 11.2. The molecule has 0 aliphatic carbocycles. The van der Waals surface area contributed by atoms with Crippen LogP contribution in [-0.2, 0) is 0 Å². The average Bonchev–Trinajstić information content (AvgIpc) is 2.18. The third-order valence-electron chi connectivity index (χ3n) is 1.55. The van der Waals surface area contributed by atoms with Gasteiger partial charge in [0.05, 0.1) is 5.56 Å². The minimum Gasteiger partial charge on any atom is -0.351 e. The highest BCUT2D eigenvalue weighted by molar-refractivity contribution is 6.18.